The molecule has 3 aromatic heterocycles. The predicted octanol–water partition coefficient (Wildman–Crippen LogP) is 4.43. The first-order valence-electron chi connectivity index (χ1n) is 8.76. The van der Waals surface area contributed by atoms with Gasteiger partial charge in [0.05, 0.1) is 28.9 Å². The lowest BCUT2D eigenvalue weighted by Gasteiger charge is -2.19. The average molecular weight is 514 g/mol. The van der Waals surface area contributed by atoms with Crippen molar-refractivity contribution in [1.29, 1.82) is 0 Å². The minimum Gasteiger partial charge on any atom is -0.495 e. The number of rotatable bonds is 3. The zero-order valence-electron chi connectivity index (χ0n) is 15.7. The number of imidazole rings is 1. The third-order valence-electron chi connectivity index (χ3n) is 4.45. The van der Waals surface area contributed by atoms with E-state index in [9.17, 15) is 0 Å². The molecule has 4 rings (SSSR count). The van der Waals surface area contributed by atoms with Crippen LogP contribution in [0.4, 0.5) is 5.82 Å². The molecule has 0 bridgehead atoms. The van der Waals surface area contributed by atoms with Crippen LogP contribution in [0.2, 0.25) is 0 Å². The average Bonchev–Trinajstić information content (AvgIpc) is 3.13. The lowest BCUT2D eigenvalue weighted by Crippen LogP contribution is -2.14. The molecule has 0 radical (unpaired) electrons. The van der Waals surface area contributed by atoms with Gasteiger partial charge in [0, 0.05) is 49.9 Å². The second-order valence-corrected chi connectivity index (χ2v) is 7.96. The molecule has 2 N–H and O–H groups in total. The number of anilines is 1. The van der Waals surface area contributed by atoms with Crippen molar-refractivity contribution in [3.8, 4) is 11.5 Å². The van der Waals surface area contributed by atoms with Gasteiger partial charge in [-0.2, -0.15) is 0 Å². The van der Waals surface area contributed by atoms with Gasteiger partial charge in [-0.15, -0.1) is 0 Å². The number of methoxy groups -OCH3 is 2. The number of fused-ring (bicyclic) bond motifs is 1. The predicted molar refractivity (Wildman–Crippen MR) is 115 cm³/mol. The summed E-state index contributed by atoms with van der Waals surface area (Å²) in [5, 5.41) is 0. The molecule has 0 saturated carbocycles. The molecular formula is C19H22Br2N4O3. The summed E-state index contributed by atoms with van der Waals surface area (Å²) in [7, 11) is 3.25. The fourth-order valence-electron chi connectivity index (χ4n) is 2.95. The molecule has 4 heterocycles. The Morgan fingerprint density at radius 3 is 2.39 bits per heavy atom. The summed E-state index contributed by atoms with van der Waals surface area (Å²) in [6.07, 6.45) is 7.82. The van der Waals surface area contributed by atoms with Crippen LogP contribution in [0.1, 0.15) is 24.5 Å². The normalized spacial score (nSPS) is 14.4. The van der Waals surface area contributed by atoms with E-state index < -0.39 is 0 Å². The Kier molecular flexibility index (Phi) is 7.14. The van der Waals surface area contributed by atoms with E-state index >= 15 is 0 Å². The molecule has 0 aromatic carbocycles. The first-order valence-corrected chi connectivity index (χ1v) is 10.3. The van der Waals surface area contributed by atoms with Gasteiger partial charge in [-0.25, -0.2) is 9.97 Å². The summed E-state index contributed by atoms with van der Waals surface area (Å²) in [5.41, 5.74) is 7.47. The lowest BCUT2D eigenvalue weighted by molar-refractivity contribution is 0.0846. The number of pyridine rings is 2. The Bertz CT molecular complexity index is 942. The molecule has 0 atom stereocenters. The number of nitrogens with two attached hydrogens (primary N) is 1. The summed E-state index contributed by atoms with van der Waals surface area (Å²) in [5.74, 6) is 2.49. The SMILES string of the molecule is COc1cc(N)ncc1Br.COc1cc2nc(C3CCOCC3)cn2cc1Br. The zero-order chi connectivity index (χ0) is 20.1. The molecule has 0 spiro atoms. The highest BCUT2D eigenvalue weighted by Gasteiger charge is 2.19. The van der Waals surface area contributed by atoms with Crippen molar-refractivity contribution < 1.29 is 14.2 Å². The van der Waals surface area contributed by atoms with Crippen LogP contribution in [0.3, 0.4) is 0 Å². The van der Waals surface area contributed by atoms with Crippen molar-refractivity contribution in [3.05, 3.63) is 45.4 Å². The number of halogens is 2. The van der Waals surface area contributed by atoms with E-state index in [0.29, 0.717) is 17.5 Å². The van der Waals surface area contributed by atoms with Gasteiger partial charge in [0.15, 0.2) is 0 Å². The topological polar surface area (TPSA) is 83.9 Å². The first-order chi connectivity index (χ1) is 13.5. The van der Waals surface area contributed by atoms with Crippen molar-refractivity contribution in [2.24, 2.45) is 0 Å². The van der Waals surface area contributed by atoms with E-state index in [4.69, 9.17) is 24.9 Å². The molecule has 9 heteroatoms. The van der Waals surface area contributed by atoms with E-state index in [0.717, 1.165) is 52.1 Å². The highest BCUT2D eigenvalue weighted by atomic mass is 79.9. The van der Waals surface area contributed by atoms with Crippen LogP contribution in [-0.4, -0.2) is 41.8 Å². The molecule has 3 aromatic rings. The monoisotopic (exact) mass is 512 g/mol. The van der Waals surface area contributed by atoms with Crippen LogP contribution < -0.4 is 15.2 Å². The maximum atomic E-state index is 5.39. The number of ether oxygens (including phenoxy) is 3. The molecule has 0 aliphatic carbocycles. The maximum Gasteiger partial charge on any atom is 0.140 e. The lowest BCUT2D eigenvalue weighted by atomic mass is 9.97. The molecule has 150 valence electrons. The third-order valence-corrected chi connectivity index (χ3v) is 5.64. The fourth-order valence-corrected chi connectivity index (χ4v) is 3.82. The van der Waals surface area contributed by atoms with Gasteiger partial charge in [-0.3, -0.25) is 0 Å². The summed E-state index contributed by atoms with van der Waals surface area (Å²) in [6.45, 7) is 1.68. The molecule has 1 aliphatic rings. The number of aromatic nitrogens is 3. The molecule has 28 heavy (non-hydrogen) atoms. The second kappa shape index (κ2) is 9.58. The molecule has 1 fully saturated rings. The quantitative estimate of drug-likeness (QED) is 0.557. The summed E-state index contributed by atoms with van der Waals surface area (Å²) in [6, 6.07) is 3.61. The largest absolute Gasteiger partial charge is 0.495 e. The minimum atomic E-state index is 0.458. The summed E-state index contributed by atoms with van der Waals surface area (Å²) in [4.78, 5) is 8.53. The van der Waals surface area contributed by atoms with Gasteiger partial charge in [0.25, 0.3) is 0 Å². The Balaban J connectivity index is 0.000000192. The standard InChI is InChI=1S/C13H15BrN2O2.C6H7BrN2O/c1-17-12-6-13-15-11(8-16(13)7-10(12)14)9-2-4-18-5-3-9;1-10-5-2-6(8)9-3-4(5)7/h6-9H,2-5H2,1H3;2-3H,1H3,(H2,8,9). The van der Waals surface area contributed by atoms with Crippen molar-refractivity contribution >= 4 is 43.3 Å². The Labute approximate surface area is 180 Å². The van der Waals surface area contributed by atoms with Gasteiger partial charge in [-0.05, 0) is 44.7 Å². The van der Waals surface area contributed by atoms with Crippen LogP contribution >= 0.6 is 31.9 Å². The molecule has 0 unspecified atom stereocenters. The van der Waals surface area contributed by atoms with Crippen molar-refractivity contribution in [3.63, 3.8) is 0 Å². The Morgan fingerprint density at radius 1 is 1.07 bits per heavy atom. The van der Waals surface area contributed by atoms with Crippen molar-refractivity contribution in [2.45, 2.75) is 18.8 Å². The fraction of sp³-hybridized carbons (Fsp3) is 0.368. The van der Waals surface area contributed by atoms with Gasteiger partial charge in [0.2, 0.25) is 0 Å². The van der Waals surface area contributed by atoms with E-state index in [-0.39, 0.29) is 0 Å². The minimum absolute atomic E-state index is 0.458. The highest BCUT2D eigenvalue weighted by molar-refractivity contribution is 9.10. The second-order valence-electron chi connectivity index (χ2n) is 6.25. The van der Waals surface area contributed by atoms with Crippen LogP contribution in [0.25, 0.3) is 5.65 Å². The van der Waals surface area contributed by atoms with Gasteiger partial charge in [-0.1, -0.05) is 0 Å². The highest BCUT2D eigenvalue weighted by Crippen LogP contribution is 2.30. The van der Waals surface area contributed by atoms with E-state index in [1.54, 1.807) is 26.5 Å². The zero-order valence-corrected chi connectivity index (χ0v) is 18.9. The van der Waals surface area contributed by atoms with Crippen molar-refractivity contribution in [2.75, 3.05) is 33.2 Å². The van der Waals surface area contributed by atoms with Crippen molar-refractivity contribution in [1.82, 2.24) is 14.4 Å². The molecular weight excluding hydrogens is 492 g/mol. The van der Waals surface area contributed by atoms with Crippen LogP contribution in [0.5, 0.6) is 11.5 Å². The molecule has 1 saturated heterocycles. The smallest absolute Gasteiger partial charge is 0.140 e. The summed E-state index contributed by atoms with van der Waals surface area (Å²) < 4.78 is 19.4. The third kappa shape index (κ3) is 4.95. The van der Waals surface area contributed by atoms with Gasteiger partial charge >= 0.3 is 0 Å². The maximum absolute atomic E-state index is 5.39. The van der Waals surface area contributed by atoms with E-state index in [2.05, 4.69) is 43.0 Å². The van der Waals surface area contributed by atoms with Gasteiger partial charge < -0.3 is 24.3 Å². The van der Waals surface area contributed by atoms with Crippen LogP contribution in [0, 0.1) is 0 Å². The number of nitrogen functional groups attached to an aromatic ring is 1. The van der Waals surface area contributed by atoms with Crippen LogP contribution in [-0.2, 0) is 4.74 Å². The number of hydrogen-bond acceptors (Lipinski definition) is 6. The van der Waals surface area contributed by atoms with Crippen LogP contribution in [0.15, 0.2) is 39.7 Å². The van der Waals surface area contributed by atoms with Gasteiger partial charge in [0.1, 0.15) is 23.0 Å². The summed E-state index contributed by atoms with van der Waals surface area (Å²) >= 11 is 6.74. The Hall–Kier alpha value is -1.84. The number of hydrogen-bond donors (Lipinski definition) is 1. The first kappa shape index (κ1) is 20.9. The Morgan fingerprint density at radius 2 is 1.75 bits per heavy atom. The van der Waals surface area contributed by atoms with E-state index in [1.807, 2.05) is 16.7 Å². The molecule has 1 aliphatic heterocycles. The number of nitrogens with zero attached hydrogens (tertiary/aromatic N) is 3. The molecule has 0 amide bonds. The van der Waals surface area contributed by atoms with E-state index in [1.165, 1.54) is 0 Å². The molecule has 7 nitrogen and oxygen atoms in total.